The highest BCUT2D eigenvalue weighted by Crippen LogP contribution is 2.69. The minimum Gasteiger partial charge on any atom is -0.310 e. The molecule has 0 radical (unpaired) electrons. The van der Waals surface area contributed by atoms with Crippen LogP contribution in [0.2, 0.25) is 0 Å². The van der Waals surface area contributed by atoms with Crippen LogP contribution in [0.4, 0.5) is 34.1 Å². The molecule has 9 aromatic rings. The average molecular weight is 1010 g/mol. The first-order valence-corrected chi connectivity index (χ1v) is 30.2. The summed E-state index contributed by atoms with van der Waals surface area (Å²) in [6.07, 6.45) is 7.14. The van der Waals surface area contributed by atoms with E-state index < -0.39 is 15.4 Å². The minimum absolute atomic E-state index is 0.0119. The zero-order valence-corrected chi connectivity index (χ0v) is 48.1. The molecule has 0 aliphatic heterocycles. The third-order valence-electron chi connectivity index (χ3n) is 17.1. The molecule has 382 valence electrons. The van der Waals surface area contributed by atoms with Gasteiger partial charge < -0.3 is 9.80 Å². The number of nitrogens with zero attached hydrogens (tertiary/aromatic N) is 2. The molecule has 0 heterocycles. The number of hydrogen-bond donors (Lipinski definition) is 0. The van der Waals surface area contributed by atoms with E-state index in [2.05, 4.69) is 299 Å². The molecular weight excluding hydrogens is 937 g/mol. The van der Waals surface area contributed by atoms with Gasteiger partial charge in [0.2, 0.25) is 0 Å². The van der Waals surface area contributed by atoms with Crippen molar-refractivity contribution in [1.82, 2.24) is 0 Å². The molecule has 0 N–H and O–H groups in total. The molecule has 0 aromatic heterocycles. The Morgan fingerprint density at radius 1 is 0.342 bits per heavy atom. The fourth-order valence-corrected chi connectivity index (χ4v) is 14.0. The predicted octanol–water partition coefficient (Wildman–Crippen LogP) is 20.2. The Kier molecular flexibility index (Phi) is 11.3. The second kappa shape index (κ2) is 17.2. The van der Waals surface area contributed by atoms with Crippen LogP contribution in [-0.2, 0) is 27.1 Å². The summed E-state index contributed by atoms with van der Waals surface area (Å²) in [5.41, 5.74) is 26.0. The lowest BCUT2D eigenvalue weighted by Gasteiger charge is -2.35. The van der Waals surface area contributed by atoms with Crippen molar-refractivity contribution >= 4 is 44.2 Å². The van der Waals surface area contributed by atoms with Gasteiger partial charge in [0, 0.05) is 39.4 Å². The van der Waals surface area contributed by atoms with Crippen molar-refractivity contribution in [3.8, 4) is 33.4 Å². The van der Waals surface area contributed by atoms with E-state index in [-0.39, 0.29) is 21.7 Å². The van der Waals surface area contributed by atoms with Gasteiger partial charge in [0.05, 0.1) is 11.1 Å². The van der Waals surface area contributed by atoms with Crippen molar-refractivity contribution in [3.05, 3.63) is 244 Å². The molecular formula is C73H74N2S. The molecule has 0 fully saturated rings. The van der Waals surface area contributed by atoms with Crippen LogP contribution in [0.1, 0.15) is 126 Å². The molecule has 0 saturated heterocycles. The molecule has 1 spiro atoms. The van der Waals surface area contributed by atoms with E-state index in [1.165, 1.54) is 94.0 Å². The molecule has 0 bridgehead atoms. The highest BCUT2D eigenvalue weighted by molar-refractivity contribution is 8.32. The largest absolute Gasteiger partial charge is 0.310 e. The SMILES string of the molecule is CC(C)(C)c1ccc(N(c2ccc(S(C)(C)C)cc2)c2ccc3c(c2)C2(c4ccccc4-c4ccccc42)c2cc(N(c4ccc(C(C)(C)C)cc4)c4ccc(C(C)(C)C)cc4)c4c(c2-3)C(C)(C)c2ccccc2-4)cc1. The van der Waals surface area contributed by atoms with Gasteiger partial charge in [0.1, 0.15) is 0 Å². The summed E-state index contributed by atoms with van der Waals surface area (Å²) in [5.74, 6) is 0. The molecule has 0 amide bonds. The maximum Gasteiger partial charge on any atom is 0.0727 e. The Hall–Kier alpha value is -7.07. The second-order valence-electron chi connectivity index (χ2n) is 26.2. The first-order valence-electron chi connectivity index (χ1n) is 27.4. The summed E-state index contributed by atoms with van der Waals surface area (Å²) < 4.78 is 0. The minimum atomic E-state index is -0.925. The van der Waals surface area contributed by atoms with Gasteiger partial charge in [-0.2, -0.15) is 0 Å². The number of benzene rings is 9. The number of hydrogen-bond acceptors (Lipinski definition) is 2. The first kappa shape index (κ1) is 49.8. The van der Waals surface area contributed by atoms with E-state index in [9.17, 15) is 0 Å². The lowest BCUT2D eigenvalue weighted by molar-refractivity contribution is 0.590. The molecule has 3 heteroatoms. The van der Waals surface area contributed by atoms with Gasteiger partial charge in [-0.05, 0) is 197 Å². The molecule has 2 nitrogen and oxygen atoms in total. The Morgan fingerprint density at radius 2 is 0.724 bits per heavy atom. The Bertz CT molecular complexity index is 3570. The van der Waals surface area contributed by atoms with Crippen molar-refractivity contribution in [2.75, 3.05) is 28.6 Å². The van der Waals surface area contributed by atoms with Crippen molar-refractivity contribution in [2.24, 2.45) is 0 Å². The molecule has 76 heavy (non-hydrogen) atoms. The molecule has 3 aliphatic rings. The maximum atomic E-state index is 2.64. The fourth-order valence-electron chi connectivity index (χ4n) is 13.1. The standard InChI is InChI=1S/C73H74N2S/c1-69(2,3)47-27-33-50(34-28-47)74(51-39-42-55(43-40-51)76(12,13)14)54-41-44-59-63(45-54)73(61-25-19-15-21-56(61)57-22-16-20-26-62(57)73)64-46-65(67-58-23-17-18-24-60(58)72(10,11)68(67)66(59)64)75(52-35-29-48(30-36-52)70(4,5)6)53-37-31-49(32-38-53)71(7,8)9/h15-46H,1-14H3. The van der Waals surface area contributed by atoms with E-state index >= 15 is 0 Å². The predicted molar refractivity (Wildman–Crippen MR) is 329 cm³/mol. The van der Waals surface area contributed by atoms with Gasteiger partial charge in [-0.1, -0.05) is 191 Å². The highest BCUT2D eigenvalue weighted by atomic mass is 32.3. The van der Waals surface area contributed by atoms with Crippen LogP contribution in [0, 0.1) is 0 Å². The fraction of sp³-hybridized carbons (Fsp3) is 0.260. The van der Waals surface area contributed by atoms with Crippen LogP contribution < -0.4 is 9.80 Å². The number of rotatable bonds is 7. The molecule has 3 aliphatic carbocycles. The third-order valence-corrected chi connectivity index (χ3v) is 18.8. The van der Waals surface area contributed by atoms with E-state index in [1.807, 2.05) is 0 Å². The van der Waals surface area contributed by atoms with Crippen LogP contribution in [0.15, 0.2) is 199 Å². The van der Waals surface area contributed by atoms with Gasteiger partial charge in [-0.15, -0.1) is 0 Å². The van der Waals surface area contributed by atoms with Gasteiger partial charge in [0.15, 0.2) is 0 Å². The molecule has 0 unspecified atom stereocenters. The quantitative estimate of drug-likeness (QED) is 0.157. The Balaban J connectivity index is 1.20. The summed E-state index contributed by atoms with van der Waals surface area (Å²) in [7, 11) is -0.925. The van der Waals surface area contributed by atoms with Gasteiger partial charge >= 0.3 is 0 Å². The van der Waals surface area contributed by atoms with Crippen molar-refractivity contribution in [1.29, 1.82) is 0 Å². The van der Waals surface area contributed by atoms with Gasteiger partial charge in [-0.3, -0.25) is 0 Å². The van der Waals surface area contributed by atoms with Crippen LogP contribution in [-0.4, -0.2) is 18.8 Å². The molecule has 0 saturated carbocycles. The van der Waals surface area contributed by atoms with Crippen molar-refractivity contribution in [2.45, 2.75) is 108 Å². The van der Waals surface area contributed by atoms with Gasteiger partial charge in [-0.25, -0.2) is 10.0 Å². The average Bonchev–Trinajstić information content (AvgIpc) is 4.12. The zero-order chi connectivity index (χ0) is 53.5. The Morgan fingerprint density at radius 3 is 1.17 bits per heavy atom. The van der Waals surface area contributed by atoms with Crippen molar-refractivity contribution in [3.63, 3.8) is 0 Å². The highest BCUT2D eigenvalue weighted by Gasteiger charge is 2.55. The van der Waals surface area contributed by atoms with E-state index in [1.54, 1.807) is 0 Å². The Labute approximate surface area is 455 Å². The van der Waals surface area contributed by atoms with Crippen LogP contribution in [0.25, 0.3) is 33.4 Å². The van der Waals surface area contributed by atoms with Crippen LogP contribution in [0.5, 0.6) is 0 Å². The lowest BCUT2D eigenvalue weighted by atomic mass is 9.69. The summed E-state index contributed by atoms with van der Waals surface area (Å²) in [6, 6.07) is 75.5. The normalized spacial score (nSPS) is 14.9. The maximum absolute atomic E-state index is 2.64. The van der Waals surface area contributed by atoms with E-state index in [4.69, 9.17) is 0 Å². The van der Waals surface area contributed by atoms with Gasteiger partial charge in [0.25, 0.3) is 0 Å². The summed E-state index contributed by atoms with van der Waals surface area (Å²) in [6.45, 7) is 25.7. The van der Waals surface area contributed by atoms with E-state index in [0.29, 0.717) is 0 Å². The molecule has 9 aromatic carbocycles. The first-order chi connectivity index (χ1) is 36.0. The molecule has 0 atom stereocenters. The van der Waals surface area contributed by atoms with Crippen LogP contribution in [0.3, 0.4) is 0 Å². The monoisotopic (exact) mass is 1010 g/mol. The number of fused-ring (bicyclic) bond motifs is 14. The number of anilines is 6. The second-order valence-corrected chi connectivity index (χ2v) is 30.3. The van der Waals surface area contributed by atoms with Crippen LogP contribution >= 0.6 is 10.0 Å². The van der Waals surface area contributed by atoms with E-state index in [0.717, 1.165) is 28.4 Å². The summed E-state index contributed by atoms with van der Waals surface area (Å²) >= 11 is 0. The summed E-state index contributed by atoms with van der Waals surface area (Å²) in [4.78, 5) is 6.48. The molecule has 12 rings (SSSR count). The smallest absolute Gasteiger partial charge is 0.0727 e. The van der Waals surface area contributed by atoms with Crippen molar-refractivity contribution < 1.29 is 0 Å². The third kappa shape index (κ3) is 7.66. The topological polar surface area (TPSA) is 6.48 Å². The lowest BCUT2D eigenvalue weighted by Crippen LogP contribution is -2.27. The summed E-state index contributed by atoms with van der Waals surface area (Å²) in [5, 5.41) is 0. The zero-order valence-electron chi connectivity index (χ0n) is 47.3.